The highest BCUT2D eigenvalue weighted by Crippen LogP contribution is 2.19. The van der Waals surface area contributed by atoms with Crippen LogP contribution in [0.2, 0.25) is 0 Å². The predicted octanol–water partition coefficient (Wildman–Crippen LogP) is 2.60. The molecule has 118 valence electrons. The Kier molecular flexibility index (Phi) is 8.57. The Labute approximate surface area is 136 Å². The molecule has 1 rings (SSSR count). The molecule has 0 aromatic heterocycles. The van der Waals surface area contributed by atoms with Crippen molar-refractivity contribution in [3.05, 3.63) is 35.9 Å². The number of ether oxygens (including phenoxy) is 1. The number of carbonyl (C=O) groups excluding carboxylic acids is 1. The standard InChI is InChI=1S/C16H25BrN2O2/c1-4-19(5-2)15(13-9-7-6-8-10-13)12-18-11-14(17)16(20)21-3/h6-10,14-15,18H,4-5,11-12H2,1-3H3. The Morgan fingerprint density at radius 2 is 1.86 bits per heavy atom. The molecule has 0 bridgehead atoms. The van der Waals surface area contributed by atoms with Crippen LogP contribution in [0.25, 0.3) is 0 Å². The number of hydrogen-bond acceptors (Lipinski definition) is 4. The number of benzene rings is 1. The summed E-state index contributed by atoms with van der Waals surface area (Å²) in [6.07, 6.45) is 0. The van der Waals surface area contributed by atoms with Gasteiger partial charge in [-0.15, -0.1) is 0 Å². The van der Waals surface area contributed by atoms with Crippen LogP contribution in [0.5, 0.6) is 0 Å². The molecule has 2 unspecified atom stereocenters. The molecule has 1 aromatic rings. The Bertz CT molecular complexity index is 410. The number of methoxy groups -OCH3 is 1. The maximum absolute atomic E-state index is 11.4. The molecule has 21 heavy (non-hydrogen) atoms. The number of likely N-dealkylation sites (N-methyl/N-ethyl adjacent to an activating group) is 1. The fourth-order valence-corrected chi connectivity index (χ4v) is 2.77. The van der Waals surface area contributed by atoms with E-state index in [-0.39, 0.29) is 10.8 Å². The highest BCUT2D eigenvalue weighted by atomic mass is 79.9. The largest absolute Gasteiger partial charge is 0.468 e. The van der Waals surface area contributed by atoms with Gasteiger partial charge in [0.2, 0.25) is 0 Å². The van der Waals surface area contributed by atoms with Gasteiger partial charge in [-0.2, -0.15) is 0 Å². The summed E-state index contributed by atoms with van der Waals surface area (Å²) in [6.45, 7) is 7.67. The molecular formula is C16H25BrN2O2. The Hall–Kier alpha value is -0.910. The van der Waals surface area contributed by atoms with Crippen LogP contribution in [-0.2, 0) is 9.53 Å². The number of carbonyl (C=O) groups is 1. The molecule has 0 heterocycles. The van der Waals surface area contributed by atoms with Crippen molar-refractivity contribution < 1.29 is 9.53 Å². The number of halogens is 1. The van der Waals surface area contributed by atoms with Crippen molar-refractivity contribution in [2.24, 2.45) is 0 Å². The van der Waals surface area contributed by atoms with E-state index in [0.717, 1.165) is 19.6 Å². The van der Waals surface area contributed by atoms with Crippen molar-refractivity contribution in [1.82, 2.24) is 10.2 Å². The summed E-state index contributed by atoms with van der Waals surface area (Å²) < 4.78 is 4.71. The van der Waals surface area contributed by atoms with Gasteiger partial charge in [0.15, 0.2) is 0 Å². The third kappa shape index (κ3) is 5.77. The Morgan fingerprint density at radius 3 is 2.38 bits per heavy atom. The lowest BCUT2D eigenvalue weighted by Gasteiger charge is -2.30. The van der Waals surface area contributed by atoms with Gasteiger partial charge in [-0.05, 0) is 18.7 Å². The summed E-state index contributed by atoms with van der Waals surface area (Å²) in [4.78, 5) is 13.5. The Balaban J connectivity index is 2.64. The number of nitrogens with one attached hydrogen (secondary N) is 1. The molecule has 0 saturated heterocycles. The average Bonchev–Trinajstić information content (AvgIpc) is 2.54. The van der Waals surface area contributed by atoms with Gasteiger partial charge in [0, 0.05) is 19.1 Å². The second-order valence-corrected chi connectivity index (χ2v) is 5.90. The molecule has 0 aliphatic rings. The van der Waals surface area contributed by atoms with Crippen LogP contribution in [0.4, 0.5) is 0 Å². The van der Waals surface area contributed by atoms with Crippen molar-refractivity contribution >= 4 is 21.9 Å². The minimum Gasteiger partial charge on any atom is -0.468 e. The van der Waals surface area contributed by atoms with Crippen molar-refractivity contribution in [3.63, 3.8) is 0 Å². The molecule has 2 atom stereocenters. The van der Waals surface area contributed by atoms with E-state index in [2.05, 4.69) is 64.3 Å². The maximum atomic E-state index is 11.4. The average molecular weight is 357 g/mol. The molecular weight excluding hydrogens is 332 g/mol. The molecule has 0 aliphatic carbocycles. The Morgan fingerprint density at radius 1 is 1.24 bits per heavy atom. The van der Waals surface area contributed by atoms with E-state index in [4.69, 9.17) is 4.74 Å². The lowest BCUT2D eigenvalue weighted by atomic mass is 10.1. The maximum Gasteiger partial charge on any atom is 0.320 e. The number of hydrogen-bond donors (Lipinski definition) is 1. The van der Waals surface area contributed by atoms with E-state index in [1.165, 1.54) is 12.7 Å². The van der Waals surface area contributed by atoms with Gasteiger partial charge < -0.3 is 10.1 Å². The predicted molar refractivity (Wildman–Crippen MR) is 89.7 cm³/mol. The zero-order valence-electron chi connectivity index (χ0n) is 13.0. The first-order valence-electron chi connectivity index (χ1n) is 7.35. The van der Waals surface area contributed by atoms with E-state index in [1.807, 2.05) is 6.07 Å². The lowest BCUT2D eigenvalue weighted by molar-refractivity contribution is -0.139. The molecule has 1 N–H and O–H groups in total. The fourth-order valence-electron chi connectivity index (χ4n) is 2.36. The summed E-state index contributed by atoms with van der Waals surface area (Å²) in [6, 6.07) is 10.8. The van der Waals surface area contributed by atoms with E-state index in [1.54, 1.807) is 0 Å². The molecule has 1 aromatic carbocycles. The number of alkyl halides is 1. The van der Waals surface area contributed by atoms with Crippen LogP contribution in [0.3, 0.4) is 0 Å². The molecule has 4 nitrogen and oxygen atoms in total. The van der Waals surface area contributed by atoms with Crippen LogP contribution < -0.4 is 5.32 Å². The zero-order chi connectivity index (χ0) is 15.7. The van der Waals surface area contributed by atoms with Gasteiger partial charge in [-0.3, -0.25) is 9.69 Å². The van der Waals surface area contributed by atoms with Crippen LogP contribution in [0.15, 0.2) is 30.3 Å². The topological polar surface area (TPSA) is 41.6 Å². The smallest absolute Gasteiger partial charge is 0.320 e. The first-order valence-corrected chi connectivity index (χ1v) is 8.27. The molecule has 0 amide bonds. The van der Waals surface area contributed by atoms with Gasteiger partial charge in [-0.1, -0.05) is 60.1 Å². The quantitative estimate of drug-likeness (QED) is 0.545. The summed E-state index contributed by atoms with van der Waals surface area (Å²) in [7, 11) is 1.40. The summed E-state index contributed by atoms with van der Waals surface area (Å²) >= 11 is 3.33. The van der Waals surface area contributed by atoms with Crippen molar-refractivity contribution in [1.29, 1.82) is 0 Å². The zero-order valence-corrected chi connectivity index (χ0v) is 14.6. The second-order valence-electron chi connectivity index (χ2n) is 4.80. The van der Waals surface area contributed by atoms with Gasteiger partial charge in [0.05, 0.1) is 7.11 Å². The normalized spacial score (nSPS) is 14.0. The van der Waals surface area contributed by atoms with E-state index >= 15 is 0 Å². The molecule has 5 heteroatoms. The third-order valence-corrected chi connectivity index (χ3v) is 4.25. The minimum atomic E-state index is -0.310. The fraction of sp³-hybridized carbons (Fsp3) is 0.562. The minimum absolute atomic E-state index is 0.249. The van der Waals surface area contributed by atoms with E-state index in [9.17, 15) is 4.79 Å². The molecule has 0 radical (unpaired) electrons. The van der Waals surface area contributed by atoms with Gasteiger partial charge in [0.25, 0.3) is 0 Å². The van der Waals surface area contributed by atoms with Crippen molar-refractivity contribution in [3.8, 4) is 0 Å². The van der Waals surface area contributed by atoms with Crippen LogP contribution >= 0.6 is 15.9 Å². The highest BCUT2D eigenvalue weighted by molar-refractivity contribution is 9.10. The van der Waals surface area contributed by atoms with Crippen LogP contribution in [0.1, 0.15) is 25.5 Å². The molecule has 0 spiro atoms. The highest BCUT2D eigenvalue weighted by Gasteiger charge is 2.19. The van der Waals surface area contributed by atoms with Crippen LogP contribution in [0, 0.1) is 0 Å². The monoisotopic (exact) mass is 356 g/mol. The third-order valence-electron chi connectivity index (χ3n) is 3.56. The summed E-state index contributed by atoms with van der Waals surface area (Å²) in [5.74, 6) is -0.249. The number of esters is 1. The number of nitrogens with zero attached hydrogens (tertiary/aromatic N) is 1. The SMILES string of the molecule is CCN(CC)C(CNCC(Br)C(=O)OC)c1ccccc1. The van der Waals surface area contributed by atoms with E-state index < -0.39 is 0 Å². The van der Waals surface area contributed by atoms with Gasteiger partial charge >= 0.3 is 5.97 Å². The summed E-state index contributed by atoms with van der Waals surface area (Å²) in [5, 5.41) is 3.36. The summed E-state index contributed by atoms with van der Waals surface area (Å²) in [5.41, 5.74) is 1.29. The molecule has 0 fully saturated rings. The first-order chi connectivity index (χ1) is 10.1. The van der Waals surface area contributed by atoms with Crippen molar-refractivity contribution in [2.45, 2.75) is 24.7 Å². The number of rotatable bonds is 9. The van der Waals surface area contributed by atoms with E-state index in [0.29, 0.717) is 12.6 Å². The van der Waals surface area contributed by atoms with Gasteiger partial charge in [0.1, 0.15) is 4.83 Å². The van der Waals surface area contributed by atoms with Crippen LogP contribution in [-0.4, -0.2) is 49.0 Å². The van der Waals surface area contributed by atoms with Crippen molar-refractivity contribution in [2.75, 3.05) is 33.3 Å². The molecule has 0 aliphatic heterocycles. The lowest BCUT2D eigenvalue weighted by Crippen LogP contribution is -2.38. The molecule has 0 saturated carbocycles. The first kappa shape index (κ1) is 18.1. The van der Waals surface area contributed by atoms with Gasteiger partial charge in [-0.25, -0.2) is 0 Å². The second kappa shape index (κ2) is 9.92.